The SMILES string of the molecule is Cc1cccc(OCc2cc(CNC(C)(C)C)no2)c1F. The summed E-state index contributed by atoms with van der Waals surface area (Å²) in [5, 5.41) is 7.28. The largest absolute Gasteiger partial charge is 0.482 e. The van der Waals surface area contributed by atoms with Crippen LogP contribution in [-0.2, 0) is 13.2 Å². The molecule has 0 spiro atoms. The van der Waals surface area contributed by atoms with Crippen LogP contribution in [-0.4, -0.2) is 10.7 Å². The fourth-order valence-electron chi connectivity index (χ4n) is 1.74. The summed E-state index contributed by atoms with van der Waals surface area (Å²) < 4.78 is 24.4. The van der Waals surface area contributed by atoms with Gasteiger partial charge in [-0.05, 0) is 39.3 Å². The van der Waals surface area contributed by atoms with E-state index in [0.717, 1.165) is 5.69 Å². The van der Waals surface area contributed by atoms with Crippen LogP contribution in [0, 0.1) is 12.7 Å². The van der Waals surface area contributed by atoms with Gasteiger partial charge < -0.3 is 14.6 Å². The van der Waals surface area contributed by atoms with E-state index >= 15 is 0 Å². The van der Waals surface area contributed by atoms with Crippen LogP contribution < -0.4 is 10.1 Å². The Balaban J connectivity index is 1.92. The minimum Gasteiger partial charge on any atom is -0.482 e. The Kier molecular flexibility index (Phi) is 4.63. The van der Waals surface area contributed by atoms with Gasteiger partial charge in [-0.2, -0.15) is 0 Å². The lowest BCUT2D eigenvalue weighted by molar-refractivity contribution is 0.239. The minimum absolute atomic E-state index is 0.0142. The van der Waals surface area contributed by atoms with Gasteiger partial charge in [0.25, 0.3) is 0 Å². The minimum atomic E-state index is -0.341. The van der Waals surface area contributed by atoms with Crippen LogP contribution in [0.4, 0.5) is 4.39 Å². The second kappa shape index (κ2) is 6.26. The number of benzene rings is 1. The summed E-state index contributed by atoms with van der Waals surface area (Å²) in [4.78, 5) is 0. The van der Waals surface area contributed by atoms with Crippen molar-refractivity contribution in [1.82, 2.24) is 10.5 Å². The molecule has 2 aromatic rings. The zero-order chi connectivity index (χ0) is 15.5. The van der Waals surface area contributed by atoms with E-state index in [1.807, 2.05) is 6.07 Å². The fraction of sp³-hybridized carbons (Fsp3) is 0.438. The van der Waals surface area contributed by atoms with Crippen molar-refractivity contribution in [2.24, 2.45) is 0 Å². The first-order valence-corrected chi connectivity index (χ1v) is 6.92. The predicted octanol–water partition coefficient (Wildman–Crippen LogP) is 3.59. The Morgan fingerprint density at radius 2 is 2.10 bits per heavy atom. The third-order valence-electron chi connectivity index (χ3n) is 2.93. The van der Waals surface area contributed by atoms with Gasteiger partial charge in [-0.3, -0.25) is 0 Å². The normalized spacial score (nSPS) is 11.7. The number of nitrogens with one attached hydrogen (secondary N) is 1. The number of aromatic nitrogens is 1. The Morgan fingerprint density at radius 1 is 1.33 bits per heavy atom. The van der Waals surface area contributed by atoms with Crippen molar-refractivity contribution in [3.8, 4) is 5.75 Å². The molecule has 0 saturated heterocycles. The Morgan fingerprint density at radius 3 is 2.81 bits per heavy atom. The Labute approximate surface area is 124 Å². The van der Waals surface area contributed by atoms with E-state index in [1.54, 1.807) is 25.1 Å². The number of ether oxygens (including phenoxy) is 1. The highest BCUT2D eigenvalue weighted by atomic mass is 19.1. The molecule has 4 nitrogen and oxygen atoms in total. The van der Waals surface area contributed by atoms with Crippen LogP contribution in [0.2, 0.25) is 0 Å². The molecule has 5 heteroatoms. The number of rotatable bonds is 5. The van der Waals surface area contributed by atoms with Crippen LogP contribution in [0.3, 0.4) is 0 Å². The lowest BCUT2D eigenvalue weighted by atomic mass is 10.1. The van der Waals surface area contributed by atoms with Gasteiger partial charge in [0.1, 0.15) is 6.61 Å². The van der Waals surface area contributed by atoms with E-state index in [1.165, 1.54) is 0 Å². The first-order chi connectivity index (χ1) is 9.85. The number of aryl methyl sites for hydroxylation is 1. The second-order valence-electron chi connectivity index (χ2n) is 6.06. The van der Waals surface area contributed by atoms with Gasteiger partial charge in [-0.25, -0.2) is 4.39 Å². The van der Waals surface area contributed by atoms with Crippen LogP contribution in [0.15, 0.2) is 28.8 Å². The molecule has 0 unspecified atom stereocenters. The van der Waals surface area contributed by atoms with Gasteiger partial charge >= 0.3 is 0 Å². The maximum Gasteiger partial charge on any atom is 0.174 e. The summed E-state index contributed by atoms with van der Waals surface area (Å²) in [6.07, 6.45) is 0. The molecule has 0 fully saturated rings. The standard InChI is InChI=1S/C16H21FN2O2/c1-11-6-5-7-14(15(11)17)20-10-13-8-12(19-21-13)9-18-16(2,3)4/h5-8,18H,9-10H2,1-4H3. The maximum atomic E-state index is 13.8. The average molecular weight is 292 g/mol. The van der Waals surface area contributed by atoms with E-state index in [-0.39, 0.29) is 23.7 Å². The van der Waals surface area contributed by atoms with Crippen molar-refractivity contribution in [2.75, 3.05) is 0 Å². The molecule has 1 aromatic carbocycles. The molecule has 1 N–H and O–H groups in total. The molecule has 0 saturated carbocycles. The highest BCUT2D eigenvalue weighted by molar-refractivity contribution is 5.30. The third-order valence-corrected chi connectivity index (χ3v) is 2.93. The molecule has 0 amide bonds. The van der Waals surface area contributed by atoms with Gasteiger partial charge in [0.15, 0.2) is 17.3 Å². The molecule has 0 bridgehead atoms. The summed E-state index contributed by atoms with van der Waals surface area (Å²) in [7, 11) is 0. The van der Waals surface area contributed by atoms with Gasteiger partial charge in [0.2, 0.25) is 0 Å². The molecule has 0 radical (unpaired) electrons. The molecule has 2 rings (SSSR count). The monoisotopic (exact) mass is 292 g/mol. The summed E-state index contributed by atoms with van der Waals surface area (Å²) in [5.41, 5.74) is 1.37. The number of hydrogen-bond donors (Lipinski definition) is 1. The van der Waals surface area contributed by atoms with Gasteiger partial charge in [0.05, 0.1) is 5.69 Å². The first kappa shape index (κ1) is 15.5. The molecule has 114 valence electrons. The molecular weight excluding hydrogens is 271 g/mol. The predicted molar refractivity (Wildman–Crippen MR) is 78.6 cm³/mol. The molecule has 1 aromatic heterocycles. The third kappa shape index (κ3) is 4.56. The smallest absolute Gasteiger partial charge is 0.174 e. The maximum absolute atomic E-state index is 13.8. The van der Waals surface area contributed by atoms with Crippen LogP contribution >= 0.6 is 0 Å². The molecule has 0 aliphatic carbocycles. The quantitative estimate of drug-likeness (QED) is 0.915. The molecule has 0 aliphatic heterocycles. The summed E-state index contributed by atoms with van der Waals surface area (Å²) in [6.45, 7) is 8.72. The van der Waals surface area contributed by atoms with E-state index in [9.17, 15) is 4.39 Å². The average Bonchev–Trinajstić information content (AvgIpc) is 2.85. The lowest BCUT2D eigenvalue weighted by Crippen LogP contribution is -2.35. The van der Waals surface area contributed by atoms with Crippen molar-refractivity contribution in [1.29, 1.82) is 0 Å². The van der Waals surface area contributed by atoms with E-state index in [4.69, 9.17) is 9.26 Å². The van der Waals surface area contributed by atoms with Crippen molar-refractivity contribution in [3.05, 3.63) is 47.1 Å². The van der Waals surface area contributed by atoms with Crippen LogP contribution in [0.1, 0.15) is 37.8 Å². The molecular formula is C16H21FN2O2. The fourth-order valence-corrected chi connectivity index (χ4v) is 1.74. The Hall–Kier alpha value is -1.88. The van der Waals surface area contributed by atoms with Crippen LogP contribution in [0.5, 0.6) is 5.75 Å². The topological polar surface area (TPSA) is 47.3 Å². The summed E-state index contributed by atoms with van der Waals surface area (Å²) in [5.74, 6) is 0.453. The van der Waals surface area contributed by atoms with Crippen molar-refractivity contribution >= 4 is 0 Å². The van der Waals surface area contributed by atoms with Gasteiger partial charge in [-0.15, -0.1) is 0 Å². The van der Waals surface area contributed by atoms with Crippen molar-refractivity contribution < 1.29 is 13.7 Å². The molecule has 21 heavy (non-hydrogen) atoms. The zero-order valence-electron chi connectivity index (χ0n) is 12.9. The van der Waals surface area contributed by atoms with Gasteiger partial charge in [-0.1, -0.05) is 17.3 Å². The zero-order valence-corrected chi connectivity index (χ0v) is 12.9. The van der Waals surface area contributed by atoms with Gasteiger partial charge in [0, 0.05) is 18.2 Å². The number of hydrogen-bond acceptors (Lipinski definition) is 4. The first-order valence-electron chi connectivity index (χ1n) is 6.92. The molecule has 0 aliphatic rings. The summed E-state index contributed by atoms with van der Waals surface area (Å²) in [6, 6.07) is 6.87. The van der Waals surface area contributed by atoms with E-state index in [0.29, 0.717) is 17.9 Å². The lowest BCUT2D eigenvalue weighted by Gasteiger charge is -2.19. The highest BCUT2D eigenvalue weighted by Crippen LogP contribution is 2.21. The Bertz CT molecular complexity index is 603. The molecule has 0 atom stereocenters. The van der Waals surface area contributed by atoms with Crippen molar-refractivity contribution in [2.45, 2.75) is 46.4 Å². The summed E-state index contributed by atoms with van der Waals surface area (Å²) >= 11 is 0. The van der Waals surface area contributed by atoms with E-state index in [2.05, 4.69) is 31.2 Å². The number of halogens is 1. The van der Waals surface area contributed by atoms with Crippen molar-refractivity contribution in [3.63, 3.8) is 0 Å². The van der Waals surface area contributed by atoms with E-state index < -0.39 is 0 Å². The molecule has 1 heterocycles. The highest BCUT2D eigenvalue weighted by Gasteiger charge is 2.12. The van der Waals surface area contributed by atoms with Crippen LogP contribution in [0.25, 0.3) is 0 Å². The second-order valence-corrected chi connectivity index (χ2v) is 6.06. The number of nitrogens with zero attached hydrogens (tertiary/aromatic N) is 1.